The molecule has 4 nitrogen and oxygen atoms in total. The number of carbonyl (C=O) groups is 1. The van der Waals surface area contributed by atoms with Crippen LogP contribution in [0.3, 0.4) is 0 Å². The van der Waals surface area contributed by atoms with E-state index in [1.165, 1.54) is 0 Å². The lowest BCUT2D eigenvalue weighted by atomic mass is 10.1. The van der Waals surface area contributed by atoms with Crippen LogP contribution in [0.5, 0.6) is 0 Å². The van der Waals surface area contributed by atoms with Gasteiger partial charge in [0.05, 0.1) is 17.8 Å². The van der Waals surface area contributed by atoms with Crippen LogP contribution in [0.15, 0.2) is 6.07 Å². The first-order valence-electron chi connectivity index (χ1n) is 7.05. The van der Waals surface area contributed by atoms with Crippen LogP contribution >= 0.6 is 0 Å². The fraction of sp³-hybridized carbons (Fsp3) is 0.667. The average molecular weight is 264 g/mol. The number of aromatic nitrogens is 1. The molecule has 1 aliphatic rings. The van der Waals surface area contributed by atoms with E-state index in [0.29, 0.717) is 13.1 Å². The predicted octanol–water partition coefficient (Wildman–Crippen LogP) is 2.37. The molecule has 0 bridgehead atoms. The van der Waals surface area contributed by atoms with Crippen molar-refractivity contribution < 1.29 is 9.53 Å². The van der Waals surface area contributed by atoms with Crippen molar-refractivity contribution in [2.75, 3.05) is 13.1 Å². The molecule has 1 aromatic rings. The average Bonchev–Trinajstić information content (AvgIpc) is 2.62. The Hall–Kier alpha value is -1.29. The summed E-state index contributed by atoms with van der Waals surface area (Å²) in [6.45, 7) is 12.5. The van der Waals surface area contributed by atoms with Crippen molar-refractivity contribution in [3.8, 4) is 0 Å². The quantitative estimate of drug-likeness (QED) is 0.822. The van der Waals surface area contributed by atoms with Crippen LogP contribution < -0.4 is 0 Å². The van der Waals surface area contributed by atoms with E-state index in [1.54, 1.807) is 0 Å². The largest absolute Gasteiger partial charge is 0.372 e. The molecule has 1 fully saturated rings. The lowest BCUT2D eigenvalue weighted by Gasteiger charge is -2.35. The van der Waals surface area contributed by atoms with Gasteiger partial charge in [-0.25, -0.2) is 0 Å². The minimum Gasteiger partial charge on any atom is -0.372 e. The number of aryl methyl sites for hydroxylation is 1. The fourth-order valence-corrected chi connectivity index (χ4v) is 3.02. The van der Waals surface area contributed by atoms with Crippen LogP contribution in [0.1, 0.15) is 42.5 Å². The Bertz CT molecular complexity index is 469. The summed E-state index contributed by atoms with van der Waals surface area (Å²) >= 11 is 0. The summed E-state index contributed by atoms with van der Waals surface area (Å²) in [7, 11) is 0. The van der Waals surface area contributed by atoms with Crippen LogP contribution in [-0.4, -0.2) is 40.7 Å². The molecule has 2 atom stereocenters. The van der Waals surface area contributed by atoms with Crippen molar-refractivity contribution >= 4 is 5.91 Å². The van der Waals surface area contributed by atoms with Crippen LogP contribution in [0.4, 0.5) is 0 Å². The Balaban J connectivity index is 2.24. The third-order valence-electron chi connectivity index (χ3n) is 3.83. The predicted molar refractivity (Wildman–Crippen MR) is 75.5 cm³/mol. The van der Waals surface area contributed by atoms with Gasteiger partial charge in [0.25, 0.3) is 5.91 Å². The van der Waals surface area contributed by atoms with Crippen LogP contribution in [0.25, 0.3) is 0 Å². The van der Waals surface area contributed by atoms with E-state index >= 15 is 0 Å². The minimum atomic E-state index is 0.113. The number of amides is 1. The summed E-state index contributed by atoms with van der Waals surface area (Å²) in [6.07, 6.45) is 0.227. The summed E-state index contributed by atoms with van der Waals surface area (Å²) in [5, 5.41) is 0. The van der Waals surface area contributed by atoms with Gasteiger partial charge < -0.3 is 14.2 Å². The Morgan fingerprint density at radius 3 is 2.37 bits per heavy atom. The molecule has 19 heavy (non-hydrogen) atoms. The van der Waals surface area contributed by atoms with Gasteiger partial charge in [0.2, 0.25) is 0 Å². The second-order valence-electron chi connectivity index (χ2n) is 5.50. The van der Waals surface area contributed by atoms with E-state index in [-0.39, 0.29) is 18.1 Å². The van der Waals surface area contributed by atoms with E-state index in [0.717, 1.165) is 23.5 Å². The summed E-state index contributed by atoms with van der Waals surface area (Å²) in [4.78, 5) is 14.6. The van der Waals surface area contributed by atoms with Gasteiger partial charge in [-0.1, -0.05) is 0 Å². The number of ether oxygens (including phenoxy) is 1. The van der Waals surface area contributed by atoms with E-state index in [1.807, 2.05) is 31.7 Å². The number of nitrogens with zero attached hydrogens (tertiary/aromatic N) is 2. The van der Waals surface area contributed by atoms with E-state index in [9.17, 15) is 4.79 Å². The van der Waals surface area contributed by atoms with Crippen molar-refractivity contribution in [2.45, 2.75) is 53.4 Å². The van der Waals surface area contributed by atoms with E-state index in [2.05, 4.69) is 18.4 Å². The highest BCUT2D eigenvalue weighted by Crippen LogP contribution is 2.20. The molecule has 2 heterocycles. The molecular formula is C15H24N2O2. The van der Waals surface area contributed by atoms with Gasteiger partial charge in [0, 0.05) is 31.0 Å². The Labute approximate surface area is 115 Å². The maximum absolute atomic E-state index is 12.7. The molecule has 0 aromatic carbocycles. The topological polar surface area (TPSA) is 34.5 Å². The molecule has 0 spiro atoms. The molecular weight excluding hydrogens is 240 g/mol. The van der Waals surface area contributed by atoms with Crippen molar-refractivity contribution in [3.63, 3.8) is 0 Å². The van der Waals surface area contributed by atoms with Gasteiger partial charge >= 0.3 is 0 Å². The summed E-state index contributed by atoms with van der Waals surface area (Å²) < 4.78 is 7.86. The highest BCUT2D eigenvalue weighted by Gasteiger charge is 2.28. The zero-order chi connectivity index (χ0) is 14.2. The van der Waals surface area contributed by atoms with Gasteiger partial charge in [-0.3, -0.25) is 4.79 Å². The van der Waals surface area contributed by atoms with Crippen LogP contribution in [0.2, 0.25) is 0 Å². The highest BCUT2D eigenvalue weighted by molar-refractivity contribution is 5.95. The van der Waals surface area contributed by atoms with Gasteiger partial charge in [-0.2, -0.15) is 0 Å². The molecule has 1 aliphatic heterocycles. The molecule has 106 valence electrons. The van der Waals surface area contributed by atoms with Crippen molar-refractivity contribution in [1.82, 2.24) is 9.47 Å². The molecule has 1 amide bonds. The fourth-order valence-electron chi connectivity index (χ4n) is 3.02. The molecule has 1 saturated heterocycles. The third kappa shape index (κ3) is 2.68. The molecule has 0 radical (unpaired) electrons. The Morgan fingerprint density at radius 2 is 1.89 bits per heavy atom. The highest BCUT2D eigenvalue weighted by atomic mass is 16.5. The lowest BCUT2D eigenvalue weighted by molar-refractivity contribution is -0.0586. The normalized spacial score (nSPS) is 23.7. The van der Waals surface area contributed by atoms with Gasteiger partial charge in [-0.15, -0.1) is 0 Å². The second-order valence-corrected chi connectivity index (χ2v) is 5.50. The van der Waals surface area contributed by atoms with Crippen LogP contribution in [0, 0.1) is 13.8 Å². The maximum atomic E-state index is 12.7. The van der Waals surface area contributed by atoms with Gasteiger partial charge in [-0.05, 0) is 40.7 Å². The smallest absolute Gasteiger partial charge is 0.255 e. The number of rotatable bonds is 2. The minimum absolute atomic E-state index is 0.113. The first kappa shape index (κ1) is 14.1. The number of hydrogen-bond acceptors (Lipinski definition) is 2. The molecule has 4 heteroatoms. The number of morpholine rings is 1. The van der Waals surface area contributed by atoms with E-state index < -0.39 is 0 Å². The molecule has 0 saturated carbocycles. The first-order valence-corrected chi connectivity index (χ1v) is 7.05. The molecule has 1 aromatic heterocycles. The Morgan fingerprint density at radius 1 is 1.32 bits per heavy atom. The first-order chi connectivity index (χ1) is 8.93. The summed E-state index contributed by atoms with van der Waals surface area (Å²) in [5.41, 5.74) is 3.05. The van der Waals surface area contributed by atoms with Crippen molar-refractivity contribution in [1.29, 1.82) is 0 Å². The van der Waals surface area contributed by atoms with Gasteiger partial charge in [0.1, 0.15) is 0 Å². The second kappa shape index (κ2) is 5.37. The molecule has 0 N–H and O–H groups in total. The van der Waals surface area contributed by atoms with Gasteiger partial charge in [0.15, 0.2) is 0 Å². The van der Waals surface area contributed by atoms with Crippen molar-refractivity contribution in [3.05, 3.63) is 23.0 Å². The number of hydrogen-bond donors (Lipinski definition) is 0. The SMILES string of the molecule is CCn1c(C)cc(C(=O)N2CC(C)OC(C)C2)c1C. The monoisotopic (exact) mass is 264 g/mol. The molecule has 2 rings (SSSR count). The number of carbonyl (C=O) groups excluding carboxylic acids is 1. The lowest BCUT2D eigenvalue weighted by Crippen LogP contribution is -2.48. The molecule has 2 unspecified atom stereocenters. The zero-order valence-electron chi connectivity index (χ0n) is 12.6. The zero-order valence-corrected chi connectivity index (χ0v) is 12.6. The van der Waals surface area contributed by atoms with Crippen molar-refractivity contribution in [2.24, 2.45) is 0 Å². The van der Waals surface area contributed by atoms with Crippen LogP contribution in [-0.2, 0) is 11.3 Å². The third-order valence-corrected chi connectivity index (χ3v) is 3.83. The summed E-state index contributed by atoms with van der Waals surface area (Å²) in [5.74, 6) is 0.134. The molecule has 0 aliphatic carbocycles. The standard InChI is InChI=1S/C15H24N2O2/c1-6-17-10(2)7-14(13(17)5)15(18)16-8-11(3)19-12(4)9-16/h7,11-12H,6,8-9H2,1-5H3. The summed E-state index contributed by atoms with van der Waals surface area (Å²) in [6, 6.07) is 2.01. The Kier molecular flexibility index (Phi) is 3.99. The van der Waals surface area contributed by atoms with E-state index in [4.69, 9.17) is 4.74 Å². The maximum Gasteiger partial charge on any atom is 0.255 e.